The lowest BCUT2D eigenvalue weighted by Crippen LogP contribution is -2.51. The van der Waals surface area contributed by atoms with Crippen molar-refractivity contribution in [2.45, 2.75) is 51.5 Å². The Kier molecular flexibility index (Phi) is 6.20. The number of rotatable bonds is 6. The van der Waals surface area contributed by atoms with Crippen molar-refractivity contribution < 1.29 is 19.2 Å². The number of anilines is 1. The van der Waals surface area contributed by atoms with E-state index >= 15 is 0 Å². The van der Waals surface area contributed by atoms with E-state index in [1.54, 1.807) is 4.90 Å². The smallest absolute Gasteiger partial charge is 0.322 e. The molecule has 8 heteroatoms. The number of amides is 5. The van der Waals surface area contributed by atoms with E-state index in [0.717, 1.165) is 17.7 Å². The van der Waals surface area contributed by atoms with Gasteiger partial charge in [-0.1, -0.05) is 25.1 Å². The largest absolute Gasteiger partial charge is 0.333 e. The number of aryl methyl sites for hydroxylation is 1. The number of para-hydroxylation sites is 1. The number of nitrogens with one attached hydrogen (secondary N) is 3. The highest BCUT2D eigenvalue weighted by Crippen LogP contribution is 2.35. The van der Waals surface area contributed by atoms with Gasteiger partial charge in [-0.3, -0.25) is 19.7 Å². The second-order valence-electron chi connectivity index (χ2n) is 7.89. The molecule has 1 spiro atoms. The lowest BCUT2D eigenvalue weighted by molar-refractivity contribution is -0.140. The van der Waals surface area contributed by atoms with Crippen molar-refractivity contribution >= 4 is 29.4 Å². The fourth-order valence-corrected chi connectivity index (χ4v) is 4.11. The van der Waals surface area contributed by atoms with E-state index in [4.69, 9.17) is 0 Å². The maximum atomic E-state index is 13.1. The average Bonchev–Trinajstić information content (AvgIpc) is 2.96. The molecule has 1 aliphatic heterocycles. The van der Waals surface area contributed by atoms with Crippen LogP contribution in [0, 0.1) is 12.8 Å². The minimum Gasteiger partial charge on any atom is -0.333 e. The molecule has 8 nitrogen and oxygen atoms in total. The fourth-order valence-electron chi connectivity index (χ4n) is 4.11. The van der Waals surface area contributed by atoms with Gasteiger partial charge in [0.05, 0.1) is 6.54 Å². The van der Waals surface area contributed by atoms with Crippen LogP contribution in [0.2, 0.25) is 0 Å². The summed E-state index contributed by atoms with van der Waals surface area (Å²) in [7, 11) is 0. The third-order valence-corrected chi connectivity index (χ3v) is 5.76. The van der Waals surface area contributed by atoms with Gasteiger partial charge < -0.3 is 15.5 Å². The molecule has 1 saturated carbocycles. The van der Waals surface area contributed by atoms with Crippen LogP contribution in [0.25, 0.3) is 0 Å². The first-order valence-electron chi connectivity index (χ1n) is 10.1. The van der Waals surface area contributed by atoms with E-state index < -0.39 is 11.6 Å². The van der Waals surface area contributed by atoms with Crippen LogP contribution in [-0.2, 0) is 14.4 Å². The van der Waals surface area contributed by atoms with Gasteiger partial charge in [-0.25, -0.2) is 4.79 Å². The monoisotopic (exact) mass is 400 g/mol. The summed E-state index contributed by atoms with van der Waals surface area (Å²) in [5, 5.41) is 7.86. The highest BCUT2D eigenvalue weighted by molar-refractivity contribution is 6.07. The predicted octanol–water partition coefficient (Wildman–Crippen LogP) is 1.94. The molecule has 3 rings (SSSR count). The Morgan fingerprint density at radius 1 is 1.21 bits per heavy atom. The lowest BCUT2D eigenvalue weighted by Gasteiger charge is -2.36. The lowest BCUT2D eigenvalue weighted by atomic mass is 9.76. The van der Waals surface area contributed by atoms with Crippen LogP contribution in [0.3, 0.4) is 0 Å². The number of imide groups is 1. The standard InChI is InChI=1S/C21H28N4O4/c1-3-12-25(13-17(26)22-16-7-5-4-6-14(16)2)18(27)15-8-10-21(11-9-15)19(28)23-20(29)24-21/h4-7,15H,3,8-13H2,1-2H3,(H,22,26)(H2,23,24,28,29). The first kappa shape index (κ1) is 20.8. The van der Waals surface area contributed by atoms with Gasteiger partial charge in [-0.2, -0.15) is 0 Å². The molecule has 29 heavy (non-hydrogen) atoms. The van der Waals surface area contributed by atoms with Crippen LogP contribution in [0.4, 0.5) is 10.5 Å². The third kappa shape index (κ3) is 4.58. The zero-order chi connectivity index (χ0) is 21.0. The molecule has 0 aromatic heterocycles. The number of carbonyl (C=O) groups is 4. The number of benzene rings is 1. The molecule has 0 unspecified atom stereocenters. The van der Waals surface area contributed by atoms with Gasteiger partial charge in [-0.05, 0) is 50.7 Å². The molecule has 2 aliphatic rings. The van der Waals surface area contributed by atoms with Crippen LogP contribution in [-0.4, -0.2) is 47.3 Å². The molecule has 5 amide bonds. The number of hydrogen-bond acceptors (Lipinski definition) is 4. The quantitative estimate of drug-likeness (QED) is 0.634. The van der Waals surface area contributed by atoms with E-state index in [2.05, 4.69) is 16.0 Å². The van der Waals surface area contributed by atoms with Crippen LogP contribution in [0.1, 0.15) is 44.6 Å². The van der Waals surface area contributed by atoms with E-state index in [1.807, 2.05) is 38.1 Å². The summed E-state index contributed by atoms with van der Waals surface area (Å²) < 4.78 is 0. The maximum absolute atomic E-state index is 13.1. The van der Waals surface area contributed by atoms with E-state index in [1.165, 1.54) is 0 Å². The van der Waals surface area contributed by atoms with Crippen molar-refractivity contribution in [3.05, 3.63) is 29.8 Å². The SMILES string of the molecule is CCCN(CC(=O)Nc1ccccc1C)C(=O)C1CCC2(CC1)NC(=O)NC2=O. The van der Waals surface area contributed by atoms with Crippen molar-refractivity contribution in [3.8, 4) is 0 Å². The number of carbonyl (C=O) groups excluding carboxylic acids is 4. The molecular formula is C21H28N4O4. The van der Waals surface area contributed by atoms with E-state index in [0.29, 0.717) is 32.2 Å². The van der Waals surface area contributed by atoms with Crippen LogP contribution in [0.5, 0.6) is 0 Å². The van der Waals surface area contributed by atoms with Gasteiger partial charge in [0, 0.05) is 18.2 Å². The van der Waals surface area contributed by atoms with Gasteiger partial charge in [0.1, 0.15) is 5.54 Å². The second-order valence-corrected chi connectivity index (χ2v) is 7.89. The van der Waals surface area contributed by atoms with Crippen LogP contribution < -0.4 is 16.0 Å². The van der Waals surface area contributed by atoms with Gasteiger partial charge in [0.25, 0.3) is 5.91 Å². The molecule has 2 fully saturated rings. The molecular weight excluding hydrogens is 372 g/mol. The Hall–Kier alpha value is -2.90. The Morgan fingerprint density at radius 3 is 2.48 bits per heavy atom. The molecule has 156 valence electrons. The predicted molar refractivity (Wildman–Crippen MR) is 108 cm³/mol. The van der Waals surface area contributed by atoms with Gasteiger partial charge in [-0.15, -0.1) is 0 Å². The number of urea groups is 1. The zero-order valence-corrected chi connectivity index (χ0v) is 16.9. The van der Waals surface area contributed by atoms with Crippen molar-refractivity contribution in [2.24, 2.45) is 5.92 Å². The fraction of sp³-hybridized carbons (Fsp3) is 0.524. The van der Waals surface area contributed by atoms with Crippen molar-refractivity contribution in [1.82, 2.24) is 15.5 Å². The first-order chi connectivity index (χ1) is 13.8. The Morgan fingerprint density at radius 2 is 1.90 bits per heavy atom. The summed E-state index contributed by atoms with van der Waals surface area (Å²) in [6, 6.07) is 7.04. The molecule has 1 aromatic carbocycles. The molecule has 1 heterocycles. The van der Waals surface area contributed by atoms with Gasteiger partial charge >= 0.3 is 6.03 Å². The van der Waals surface area contributed by atoms with Crippen molar-refractivity contribution in [2.75, 3.05) is 18.4 Å². The van der Waals surface area contributed by atoms with Crippen LogP contribution in [0.15, 0.2) is 24.3 Å². The Labute approximate surface area is 170 Å². The molecule has 0 bridgehead atoms. The molecule has 1 aliphatic carbocycles. The third-order valence-electron chi connectivity index (χ3n) is 5.76. The van der Waals surface area contributed by atoms with Crippen molar-refractivity contribution in [3.63, 3.8) is 0 Å². The molecule has 1 saturated heterocycles. The maximum Gasteiger partial charge on any atom is 0.322 e. The van der Waals surface area contributed by atoms with Crippen molar-refractivity contribution in [1.29, 1.82) is 0 Å². The Balaban J connectivity index is 1.60. The van der Waals surface area contributed by atoms with E-state index in [-0.39, 0.29) is 30.2 Å². The van der Waals surface area contributed by atoms with Gasteiger partial charge in [0.2, 0.25) is 11.8 Å². The number of nitrogens with zero attached hydrogens (tertiary/aromatic N) is 1. The minimum atomic E-state index is -0.883. The summed E-state index contributed by atoms with van der Waals surface area (Å²) in [5.74, 6) is -0.845. The second kappa shape index (κ2) is 8.63. The normalized spacial score (nSPS) is 23.4. The summed E-state index contributed by atoms with van der Waals surface area (Å²) in [6.45, 7) is 4.38. The average molecular weight is 400 g/mol. The Bertz CT molecular complexity index is 815. The molecule has 3 N–H and O–H groups in total. The minimum absolute atomic E-state index is 0.000126. The number of hydrogen-bond donors (Lipinski definition) is 3. The molecule has 0 atom stereocenters. The summed E-state index contributed by atoms with van der Waals surface area (Å²) in [6.07, 6.45) is 2.61. The summed E-state index contributed by atoms with van der Waals surface area (Å²) in [5.41, 5.74) is 0.818. The molecule has 0 radical (unpaired) electrons. The topological polar surface area (TPSA) is 108 Å². The first-order valence-corrected chi connectivity index (χ1v) is 10.1. The highest BCUT2D eigenvalue weighted by Gasteiger charge is 2.49. The summed E-state index contributed by atoms with van der Waals surface area (Å²) >= 11 is 0. The van der Waals surface area contributed by atoms with E-state index in [9.17, 15) is 19.2 Å². The highest BCUT2D eigenvalue weighted by atomic mass is 16.2. The van der Waals surface area contributed by atoms with Gasteiger partial charge in [0.15, 0.2) is 0 Å². The summed E-state index contributed by atoms with van der Waals surface area (Å²) in [4.78, 5) is 50.7. The molecule has 1 aromatic rings. The zero-order valence-electron chi connectivity index (χ0n) is 16.9. The van der Waals surface area contributed by atoms with Crippen LogP contribution >= 0.6 is 0 Å².